The molecule has 1 atom stereocenters. The Morgan fingerprint density at radius 1 is 1.22 bits per heavy atom. The van der Waals surface area contributed by atoms with Gasteiger partial charge in [0, 0.05) is 32.3 Å². The predicted octanol–water partition coefficient (Wildman–Crippen LogP) is 0.719. The highest BCUT2D eigenvalue weighted by Crippen LogP contribution is 2.14. The first-order valence-corrected chi connectivity index (χ1v) is 8.26. The topological polar surface area (TPSA) is 67.4 Å². The summed E-state index contributed by atoms with van der Waals surface area (Å²) in [6.07, 6.45) is 1.89. The van der Waals surface area contributed by atoms with Gasteiger partial charge in [-0.15, -0.1) is 0 Å². The Morgan fingerprint density at radius 3 is 2.39 bits per heavy atom. The normalized spacial score (nSPS) is 20.2. The lowest BCUT2D eigenvalue weighted by Crippen LogP contribution is -2.42. The molecule has 1 aliphatic heterocycles. The molecule has 1 rings (SSSR count). The van der Waals surface area contributed by atoms with E-state index in [-0.39, 0.29) is 0 Å². The summed E-state index contributed by atoms with van der Waals surface area (Å²) in [5.74, 6) is 0.416. The Balaban J connectivity index is 2.33. The van der Waals surface area contributed by atoms with Crippen molar-refractivity contribution in [3.8, 4) is 0 Å². The number of sulfonamides is 1. The van der Waals surface area contributed by atoms with Gasteiger partial charge in [-0.05, 0) is 25.7 Å². The molecule has 0 amide bonds. The van der Waals surface area contributed by atoms with Crippen LogP contribution in [0.2, 0.25) is 0 Å². The summed E-state index contributed by atoms with van der Waals surface area (Å²) >= 11 is 0. The highest BCUT2D eigenvalue weighted by molar-refractivity contribution is 7.90. The fourth-order valence-corrected chi connectivity index (χ4v) is 2.91. The fraction of sp³-hybridized carbons (Fsp3) is 1.00. The molecule has 1 unspecified atom stereocenters. The summed E-state index contributed by atoms with van der Waals surface area (Å²) in [7, 11) is -3.21. The van der Waals surface area contributed by atoms with Crippen molar-refractivity contribution in [1.29, 1.82) is 0 Å². The fourth-order valence-electron chi connectivity index (χ4n) is 1.84. The molecule has 1 heterocycles. The number of rotatable bonds is 7. The summed E-state index contributed by atoms with van der Waals surface area (Å²) in [6, 6.07) is 0.304. The van der Waals surface area contributed by atoms with Gasteiger partial charge in [0.2, 0.25) is 10.0 Å². The maximum absolute atomic E-state index is 12.0. The van der Waals surface area contributed by atoms with Crippen LogP contribution in [0.3, 0.4) is 0 Å². The Morgan fingerprint density at radius 2 is 1.83 bits per heavy atom. The molecular weight excluding hydrogens is 252 g/mol. The molecule has 0 aliphatic carbocycles. The zero-order valence-electron chi connectivity index (χ0n) is 11.6. The molecule has 5 nitrogen and oxygen atoms in total. The number of hydrogen-bond acceptors (Lipinski definition) is 4. The van der Waals surface area contributed by atoms with Gasteiger partial charge in [0.15, 0.2) is 0 Å². The first-order chi connectivity index (χ1) is 8.42. The van der Waals surface area contributed by atoms with E-state index >= 15 is 0 Å². The third-order valence-corrected chi connectivity index (χ3v) is 5.05. The van der Waals surface area contributed by atoms with Gasteiger partial charge in [0.25, 0.3) is 0 Å². The molecule has 0 saturated carbocycles. The second-order valence-electron chi connectivity index (χ2n) is 5.32. The molecule has 1 aliphatic rings. The molecule has 1 saturated heterocycles. The Kier molecular flexibility index (Phi) is 6.55. The summed E-state index contributed by atoms with van der Waals surface area (Å²) in [5.41, 5.74) is 0. The van der Waals surface area contributed by atoms with Crippen molar-refractivity contribution < 1.29 is 13.2 Å². The average Bonchev–Trinajstić information content (AvgIpc) is 2.34. The van der Waals surface area contributed by atoms with Crippen LogP contribution in [-0.2, 0) is 14.8 Å². The molecule has 18 heavy (non-hydrogen) atoms. The van der Waals surface area contributed by atoms with Crippen molar-refractivity contribution in [1.82, 2.24) is 10.0 Å². The molecule has 108 valence electrons. The smallest absolute Gasteiger partial charge is 0.215 e. The minimum atomic E-state index is -3.21. The van der Waals surface area contributed by atoms with Crippen LogP contribution in [0.4, 0.5) is 0 Å². The van der Waals surface area contributed by atoms with Crippen LogP contribution in [0, 0.1) is 5.92 Å². The quantitative estimate of drug-likeness (QED) is 0.720. The van der Waals surface area contributed by atoms with Crippen molar-refractivity contribution in [3.05, 3.63) is 0 Å². The standard InChI is InChI=1S/C12H26N2O3S/c1-10(2)13-8-11(3)18(15,16)14-9-12-4-6-17-7-5-12/h10-14H,4-9H2,1-3H3. The molecule has 1 fully saturated rings. The predicted molar refractivity (Wildman–Crippen MR) is 73.1 cm³/mol. The van der Waals surface area contributed by atoms with Crippen molar-refractivity contribution >= 4 is 10.0 Å². The van der Waals surface area contributed by atoms with E-state index in [2.05, 4.69) is 10.0 Å². The largest absolute Gasteiger partial charge is 0.381 e. The third kappa shape index (κ3) is 5.65. The maximum Gasteiger partial charge on any atom is 0.215 e. The van der Waals surface area contributed by atoms with E-state index in [1.165, 1.54) is 0 Å². The van der Waals surface area contributed by atoms with Crippen LogP contribution in [0.15, 0.2) is 0 Å². The van der Waals surface area contributed by atoms with Crippen LogP contribution in [0.5, 0.6) is 0 Å². The average molecular weight is 278 g/mol. The zero-order valence-corrected chi connectivity index (χ0v) is 12.4. The van der Waals surface area contributed by atoms with Gasteiger partial charge in [0.1, 0.15) is 0 Å². The van der Waals surface area contributed by atoms with Crippen LogP contribution < -0.4 is 10.0 Å². The summed E-state index contributed by atoms with van der Waals surface area (Å²) < 4.78 is 32.0. The lowest BCUT2D eigenvalue weighted by molar-refractivity contribution is 0.0678. The Labute approximate surface area is 111 Å². The van der Waals surface area contributed by atoms with Gasteiger partial charge < -0.3 is 10.1 Å². The lowest BCUT2D eigenvalue weighted by atomic mass is 10.0. The van der Waals surface area contributed by atoms with Crippen molar-refractivity contribution in [2.24, 2.45) is 5.92 Å². The highest BCUT2D eigenvalue weighted by Gasteiger charge is 2.22. The third-order valence-electron chi connectivity index (χ3n) is 3.26. The molecule has 0 aromatic rings. The van der Waals surface area contributed by atoms with Crippen LogP contribution >= 0.6 is 0 Å². The van der Waals surface area contributed by atoms with Crippen LogP contribution in [-0.4, -0.2) is 46.0 Å². The molecule has 2 N–H and O–H groups in total. The van der Waals surface area contributed by atoms with Gasteiger partial charge in [0.05, 0.1) is 5.25 Å². The molecule has 6 heteroatoms. The van der Waals surface area contributed by atoms with Gasteiger partial charge in [-0.1, -0.05) is 13.8 Å². The molecule has 0 spiro atoms. The van der Waals surface area contributed by atoms with E-state index in [4.69, 9.17) is 4.74 Å². The van der Waals surface area contributed by atoms with Crippen molar-refractivity contribution in [2.75, 3.05) is 26.3 Å². The first kappa shape index (κ1) is 15.9. The van der Waals surface area contributed by atoms with Gasteiger partial charge >= 0.3 is 0 Å². The number of nitrogens with one attached hydrogen (secondary N) is 2. The lowest BCUT2D eigenvalue weighted by Gasteiger charge is -2.23. The highest BCUT2D eigenvalue weighted by atomic mass is 32.2. The van der Waals surface area contributed by atoms with Crippen LogP contribution in [0.1, 0.15) is 33.6 Å². The van der Waals surface area contributed by atoms with Gasteiger partial charge in [-0.25, -0.2) is 13.1 Å². The van der Waals surface area contributed by atoms with E-state index in [0.29, 0.717) is 25.0 Å². The van der Waals surface area contributed by atoms with Crippen molar-refractivity contribution in [2.45, 2.75) is 44.9 Å². The van der Waals surface area contributed by atoms with Crippen molar-refractivity contribution in [3.63, 3.8) is 0 Å². The molecule has 0 radical (unpaired) electrons. The first-order valence-electron chi connectivity index (χ1n) is 6.71. The summed E-state index contributed by atoms with van der Waals surface area (Å²) in [5, 5.41) is 2.75. The molecule has 0 bridgehead atoms. The molecule has 0 aromatic heterocycles. The van der Waals surface area contributed by atoms with E-state index in [9.17, 15) is 8.42 Å². The summed E-state index contributed by atoms with van der Waals surface area (Å²) in [4.78, 5) is 0. The van der Waals surface area contributed by atoms with Gasteiger partial charge in [-0.3, -0.25) is 0 Å². The van der Waals surface area contributed by atoms with E-state index in [1.54, 1.807) is 6.92 Å². The minimum Gasteiger partial charge on any atom is -0.381 e. The number of ether oxygens (including phenoxy) is 1. The maximum atomic E-state index is 12.0. The van der Waals surface area contributed by atoms with E-state index < -0.39 is 15.3 Å². The Hall–Kier alpha value is -0.170. The second kappa shape index (κ2) is 7.43. The monoisotopic (exact) mass is 278 g/mol. The zero-order chi connectivity index (χ0) is 13.6. The van der Waals surface area contributed by atoms with Gasteiger partial charge in [-0.2, -0.15) is 0 Å². The molecular formula is C12H26N2O3S. The minimum absolute atomic E-state index is 0.304. The molecule has 0 aromatic carbocycles. The second-order valence-corrected chi connectivity index (χ2v) is 7.51. The Bertz CT molecular complexity index is 324. The van der Waals surface area contributed by atoms with Crippen LogP contribution in [0.25, 0.3) is 0 Å². The number of hydrogen-bond donors (Lipinski definition) is 2. The van der Waals surface area contributed by atoms with E-state index in [1.807, 2.05) is 13.8 Å². The SMILES string of the molecule is CC(C)NCC(C)S(=O)(=O)NCC1CCOCC1. The van der Waals surface area contributed by atoms with E-state index in [0.717, 1.165) is 26.1 Å². The summed E-state index contributed by atoms with van der Waals surface area (Å²) in [6.45, 7) is 8.28.